The van der Waals surface area contributed by atoms with Crippen molar-refractivity contribution in [3.05, 3.63) is 52.3 Å². The van der Waals surface area contributed by atoms with Gasteiger partial charge in [0, 0.05) is 28.9 Å². The first-order chi connectivity index (χ1) is 10.4. The fourth-order valence-electron chi connectivity index (χ4n) is 2.36. The third-order valence-corrected chi connectivity index (χ3v) is 3.72. The van der Waals surface area contributed by atoms with Crippen LogP contribution in [0.2, 0.25) is 0 Å². The molecule has 0 unspecified atom stereocenters. The molecular weight excluding hydrogens is 342 g/mol. The zero-order valence-corrected chi connectivity index (χ0v) is 15.0. The first kappa shape index (κ1) is 16.8. The molecule has 0 atom stereocenters. The van der Waals surface area contributed by atoms with E-state index < -0.39 is 0 Å². The Morgan fingerprint density at radius 2 is 2.05 bits per heavy atom. The average Bonchev–Trinajstić information content (AvgIpc) is 2.81. The van der Waals surface area contributed by atoms with E-state index in [0.717, 1.165) is 16.7 Å². The van der Waals surface area contributed by atoms with E-state index in [1.54, 1.807) is 0 Å². The van der Waals surface area contributed by atoms with Gasteiger partial charge in [-0.3, -0.25) is 4.79 Å². The third-order valence-electron chi connectivity index (χ3n) is 3.29. The molecule has 118 valence electrons. The Morgan fingerprint density at radius 3 is 2.68 bits per heavy atom. The zero-order chi connectivity index (χ0) is 16.3. The van der Waals surface area contributed by atoms with Crippen molar-refractivity contribution >= 4 is 27.5 Å². The van der Waals surface area contributed by atoms with Crippen LogP contribution in [0.15, 0.2) is 41.0 Å². The number of anilines is 1. The van der Waals surface area contributed by atoms with Gasteiger partial charge < -0.3 is 14.8 Å². The third kappa shape index (κ3) is 4.21. The number of aromatic nitrogens is 1. The van der Waals surface area contributed by atoms with Crippen LogP contribution >= 0.6 is 15.9 Å². The molecule has 0 saturated heterocycles. The number of hydrogen-bond donors (Lipinski definition) is 1. The summed E-state index contributed by atoms with van der Waals surface area (Å²) in [6, 6.07) is 10.0. The summed E-state index contributed by atoms with van der Waals surface area (Å²) in [4.78, 5) is 14.6. The molecule has 22 heavy (non-hydrogen) atoms. The number of amides is 1. The van der Waals surface area contributed by atoms with Gasteiger partial charge in [-0.25, -0.2) is 0 Å². The van der Waals surface area contributed by atoms with Crippen molar-refractivity contribution in [3.8, 4) is 0 Å². The number of hydrogen-bond acceptors (Lipinski definition) is 2. The lowest BCUT2D eigenvalue weighted by atomic mass is 10.2. The fourth-order valence-corrected chi connectivity index (χ4v) is 2.80. The molecule has 1 heterocycles. The monoisotopic (exact) mass is 363 g/mol. The van der Waals surface area contributed by atoms with E-state index in [-0.39, 0.29) is 11.9 Å². The Balaban J connectivity index is 2.19. The lowest BCUT2D eigenvalue weighted by molar-refractivity contribution is 0.101. The highest BCUT2D eigenvalue weighted by Crippen LogP contribution is 2.21. The molecular formula is C17H22BrN3O. The molecule has 2 rings (SSSR count). The minimum Gasteiger partial charge on any atom is -0.340 e. The van der Waals surface area contributed by atoms with Gasteiger partial charge in [0.25, 0.3) is 5.91 Å². The van der Waals surface area contributed by atoms with Crippen LogP contribution in [-0.4, -0.2) is 29.5 Å². The molecule has 5 heteroatoms. The molecule has 1 aromatic heterocycles. The molecule has 2 aromatic rings. The number of carbonyl (C=O) groups excluding carboxylic acids is 1. The maximum atomic E-state index is 12.5. The first-order valence-corrected chi connectivity index (χ1v) is 8.08. The highest BCUT2D eigenvalue weighted by molar-refractivity contribution is 9.10. The predicted octanol–water partition coefficient (Wildman–Crippen LogP) is 4.15. The van der Waals surface area contributed by atoms with Crippen molar-refractivity contribution in [1.29, 1.82) is 0 Å². The van der Waals surface area contributed by atoms with Crippen molar-refractivity contribution in [3.63, 3.8) is 0 Å². The first-order valence-electron chi connectivity index (χ1n) is 7.29. The SMILES string of the molecule is CC(C)n1cc(Br)cc1C(=O)Nc1cccc(CN(C)C)c1. The summed E-state index contributed by atoms with van der Waals surface area (Å²) < 4.78 is 2.87. The van der Waals surface area contributed by atoms with E-state index in [2.05, 4.69) is 46.1 Å². The van der Waals surface area contributed by atoms with Gasteiger partial charge in [0.1, 0.15) is 5.69 Å². The summed E-state index contributed by atoms with van der Waals surface area (Å²) in [7, 11) is 4.05. The fraction of sp³-hybridized carbons (Fsp3) is 0.353. The second-order valence-corrected chi connectivity index (χ2v) is 6.85. The van der Waals surface area contributed by atoms with E-state index in [9.17, 15) is 4.79 Å². The summed E-state index contributed by atoms with van der Waals surface area (Å²) in [6.45, 7) is 4.96. The summed E-state index contributed by atoms with van der Waals surface area (Å²) in [5.41, 5.74) is 2.64. The number of benzene rings is 1. The van der Waals surface area contributed by atoms with Crippen molar-refractivity contribution in [1.82, 2.24) is 9.47 Å². The van der Waals surface area contributed by atoms with Gasteiger partial charge >= 0.3 is 0 Å². The molecule has 1 amide bonds. The van der Waals surface area contributed by atoms with E-state index in [1.807, 2.05) is 49.1 Å². The molecule has 4 nitrogen and oxygen atoms in total. The van der Waals surface area contributed by atoms with E-state index in [1.165, 1.54) is 5.56 Å². The Kier molecular flexibility index (Phi) is 5.42. The molecule has 0 aliphatic rings. The number of nitrogens with zero attached hydrogens (tertiary/aromatic N) is 2. The number of rotatable bonds is 5. The average molecular weight is 364 g/mol. The van der Waals surface area contributed by atoms with Crippen LogP contribution in [0.5, 0.6) is 0 Å². The van der Waals surface area contributed by atoms with Gasteiger partial charge in [-0.05, 0) is 67.6 Å². The van der Waals surface area contributed by atoms with E-state index in [4.69, 9.17) is 0 Å². The lowest BCUT2D eigenvalue weighted by Crippen LogP contribution is -2.18. The number of carbonyl (C=O) groups is 1. The zero-order valence-electron chi connectivity index (χ0n) is 13.4. The van der Waals surface area contributed by atoms with Crippen molar-refractivity contribution in [2.75, 3.05) is 19.4 Å². The molecule has 0 spiro atoms. The van der Waals surface area contributed by atoms with Gasteiger partial charge in [-0.2, -0.15) is 0 Å². The quantitative estimate of drug-likeness (QED) is 0.866. The summed E-state index contributed by atoms with van der Waals surface area (Å²) >= 11 is 3.44. The molecule has 0 radical (unpaired) electrons. The summed E-state index contributed by atoms with van der Waals surface area (Å²) in [5.74, 6) is -0.0959. The largest absolute Gasteiger partial charge is 0.340 e. The predicted molar refractivity (Wildman–Crippen MR) is 94.3 cm³/mol. The van der Waals surface area contributed by atoms with Crippen LogP contribution in [0.25, 0.3) is 0 Å². The maximum Gasteiger partial charge on any atom is 0.272 e. The molecule has 0 bridgehead atoms. The summed E-state index contributed by atoms with van der Waals surface area (Å²) in [6.07, 6.45) is 1.93. The number of halogens is 1. The topological polar surface area (TPSA) is 37.3 Å². The minimum absolute atomic E-state index is 0.0959. The van der Waals surface area contributed by atoms with Gasteiger partial charge in [-0.15, -0.1) is 0 Å². The van der Waals surface area contributed by atoms with Crippen LogP contribution in [-0.2, 0) is 6.54 Å². The standard InChI is InChI=1S/C17H22BrN3O/c1-12(2)21-11-14(18)9-16(21)17(22)19-15-7-5-6-13(8-15)10-20(3)4/h5-9,11-12H,10H2,1-4H3,(H,19,22). The van der Waals surface area contributed by atoms with Crippen molar-refractivity contribution < 1.29 is 4.79 Å². The van der Waals surface area contributed by atoms with Crippen LogP contribution in [0.3, 0.4) is 0 Å². The van der Waals surface area contributed by atoms with Crippen LogP contribution in [0, 0.1) is 0 Å². The van der Waals surface area contributed by atoms with Gasteiger partial charge in [0.15, 0.2) is 0 Å². The van der Waals surface area contributed by atoms with Crippen LogP contribution in [0.4, 0.5) is 5.69 Å². The smallest absolute Gasteiger partial charge is 0.272 e. The Hall–Kier alpha value is -1.59. The van der Waals surface area contributed by atoms with Crippen molar-refractivity contribution in [2.45, 2.75) is 26.4 Å². The molecule has 1 aromatic carbocycles. The van der Waals surface area contributed by atoms with Gasteiger partial charge in [0.05, 0.1) is 0 Å². The Labute approximate surface area is 140 Å². The molecule has 1 N–H and O–H groups in total. The highest BCUT2D eigenvalue weighted by atomic mass is 79.9. The number of nitrogens with one attached hydrogen (secondary N) is 1. The van der Waals surface area contributed by atoms with Gasteiger partial charge in [0.2, 0.25) is 0 Å². The second kappa shape index (κ2) is 7.11. The molecule has 0 saturated carbocycles. The van der Waals surface area contributed by atoms with E-state index in [0.29, 0.717) is 5.69 Å². The lowest BCUT2D eigenvalue weighted by Gasteiger charge is -2.14. The van der Waals surface area contributed by atoms with Crippen LogP contribution < -0.4 is 5.32 Å². The normalized spacial score (nSPS) is 11.2. The Bertz CT molecular complexity index is 662. The Morgan fingerprint density at radius 1 is 1.32 bits per heavy atom. The molecule has 0 aliphatic heterocycles. The summed E-state index contributed by atoms with van der Waals surface area (Å²) in [5, 5.41) is 2.98. The second-order valence-electron chi connectivity index (χ2n) is 5.94. The van der Waals surface area contributed by atoms with Crippen LogP contribution in [0.1, 0.15) is 35.9 Å². The van der Waals surface area contributed by atoms with E-state index >= 15 is 0 Å². The molecule has 0 fully saturated rings. The maximum absolute atomic E-state index is 12.5. The highest BCUT2D eigenvalue weighted by Gasteiger charge is 2.15. The molecule has 0 aliphatic carbocycles. The van der Waals surface area contributed by atoms with Crippen molar-refractivity contribution in [2.24, 2.45) is 0 Å². The van der Waals surface area contributed by atoms with Gasteiger partial charge in [-0.1, -0.05) is 12.1 Å². The minimum atomic E-state index is -0.0959.